The Balaban J connectivity index is 2.53. The van der Waals surface area contributed by atoms with Crippen LogP contribution in [-0.4, -0.2) is 11.4 Å². The van der Waals surface area contributed by atoms with Gasteiger partial charge >= 0.3 is 0 Å². The summed E-state index contributed by atoms with van der Waals surface area (Å²) in [5.74, 6) is 0. The fraction of sp³-hybridized carbons (Fsp3) is 0.222. The minimum Gasteiger partial charge on any atom is -0.381 e. The smallest absolute Gasteiger partial charge is 0.0487 e. The standard InChI is InChI=1S/C9H11NS/c1-2-7-10-8-5-3-4-6-9(8)11/h2-5,10H,1,6-7H2. The van der Waals surface area contributed by atoms with Crippen molar-refractivity contribution in [3.8, 4) is 0 Å². The molecule has 0 aromatic carbocycles. The summed E-state index contributed by atoms with van der Waals surface area (Å²) in [6.45, 7) is 4.40. The molecule has 0 bridgehead atoms. The first-order valence-electron chi connectivity index (χ1n) is 3.59. The third-order valence-corrected chi connectivity index (χ3v) is 1.83. The zero-order valence-corrected chi connectivity index (χ0v) is 7.16. The van der Waals surface area contributed by atoms with E-state index in [2.05, 4.69) is 18.0 Å². The molecule has 0 amide bonds. The molecule has 0 saturated heterocycles. The molecule has 1 aliphatic rings. The number of rotatable bonds is 3. The van der Waals surface area contributed by atoms with Crippen molar-refractivity contribution in [1.82, 2.24) is 5.32 Å². The van der Waals surface area contributed by atoms with Crippen LogP contribution in [0.4, 0.5) is 0 Å². The lowest BCUT2D eigenvalue weighted by atomic mass is 10.1. The monoisotopic (exact) mass is 165 g/mol. The summed E-state index contributed by atoms with van der Waals surface area (Å²) in [5, 5.41) is 3.17. The fourth-order valence-electron chi connectivity index (χ4n) is 0.882. The Kier molecular flexibility index (Phi) is 3.05. The summed E-state index contributed by atoms with van der Waals surface area (Å²) in [4.78, 5) is 0.981. The van der Waals surface area contributed by atoms with Gasteiger partial charge in [-0.2, -0.15) is 0 Å². The van der Waals surface area contributed by atoms with Crippen molar-refractivity contribution >= 4 is 17.1 Å². The molecule has 1 rings (SSSR count). The van der Waals surface area contributed by atoms with Gasteiger partial charge in [-0.25, -0.2) is 0 Å². The maximum atomic E-state index is 5.12. The second-order valence-electron chi connectivity index (χ2n) is 2.31. The predicted octanol–water partition coefficient (Wildman–Crippen LogP) is 1.98. The molecule has 0 unspecified atom stereocenters. The van der Waals surface area contributed by atoms with Crippen LogP contribution < -0.4 is 5.32 Å². The molecule has 0 spiro atoms. The van der Waals surface area contributed by atoms with Gasteiger partial charge in [0.05, 0.1) is 0 Å². The summed E-state index contributed by atoms with van der Waals surface area (Å²) in [6.07, 6.45) is 8.77. The second-order valence-corrected chi connectivity index (χ2v) is 2.80. The van der Waals surface area contributed by atoms with E-state index < -0.39 is 0 Å². The first kappa shape index (κ1) is 8.21. The predicted molar refractivity (Wildman–Crippen MR) is 52.6 cm³/mol. The molecule has 0 saturated carbocycles. The number of nitrogens with one attached hydrogen (secondary N) is 1. The third-order valence-electron chi connectivity index (χ3n) is 1.44. The molecular formula is C9H11NS. The molecule has 1 nitrogen and oxygen atoms in total. The Labute approximate surface area is 72.5 Å². The largest absolute Gasteiger partial charge is 0.381 e. The summed E-state index contributed by atoms with van der Waals surface area (Å²) < 4.78 is 0. The zero-order valence-electron chi connectivity index (χ0n) is 6.34. The van der Waals surface area contributed by atoms with E-state index in [-0.39, 0.29) is 0 Å². The minimum atomic E-state index is 0.778. The molecule has 0 aromatic heterocycles. The van der Waals surface area contributed by atoms with Crippen LogP contribution in [0.1, 0.15) is 6.42 Å². The van der Waals surface area contributed by atoms with Crippen LogP contribution in [-0.2, 0) is 0 Å². The van der Waals surface area contributed by atoms with E-state index in [1.807, 2.05) is 18.2 Å². The normalized spacial score (nSPS) is 16.0. The lowest BCUT2D eigenvalue weighted by Crippen LogP contribution is -2.19. The average molecular weight is 165 g/mol. The van der Waals surface area contributed by atoms with Gasteiger partial charge in [0.15, 0.2) is 0 Å². The fourth-order valence-corrected chi connectivity index (χ4v) is 1.12. The quantitative estimate of drug-likeness (QED) is 0.507. The molecule has 0 heterocycles. The van der Waals surface area contributed by atoms with E-state index in [0.29, 0.717) is 0 Å². The van der Waals surface area contributed by atoms with Gasteiger partial charge in [0.1, 0.15) is 0 Å². The molecular weight excluding hydrogens is 154 g/mol. The molecule has 1 aliphatic carbocycles. The van der Waals surface area contributed by atoms with Crippen LogP contribution in [0.5, 0.6) is 0 Å². The number of allylic oxidation sites excluding steroid dienone is 4. The average Bonchev–Trinajstić information content (AvgIpc) is 2.03. The molecule has 0 aliphatic heterocycles. The van der Waals surface area contributed by atoms with E-state index in [9.17, 15) is 0 Å². The van der Waals surface area contributed by atoms with Crippen molar-refractivity contribution in [2.45, 2.75) is 6.42 Å². The maximum Gasteiger partial charge on any atom is 0.0487 e. The SMILES string of the molecule is C=CCNC1=CC=CCC1=S. The van der Waals surface area contributed by atoms with Crippen LogP contribution in [0, 0.1) is 0 Å². The summed E-state index contributed by atoms with van der Waals surface area (Å²) >= 11 is 5.12. The highest BCUT2D eigenvalue weighted by atomic mass is 32.1. The van der Waals surface area contributed by atoms with Crippen molar-refractivity contribution < 1.29 is 0 Å². The van der Waals surface area contributed by atoms with Crippen molar-refractivity contribution in [3.05, 3.63) is 36.6 Å². The topological polar surface area (TPSA) is 12.0 Å². The molecule has 58 valence electrons. The molecule has 0 atom stereocenters. The van der Waals surface area contributed by atoms with Gasteiger partial charge in [-0.3, -0.25) is 0 Å². The molecule has 0 radical (unpaired) electrons. The highest BCUT2D eigenvalue weighted by Crippen LogP contribution is 2.06. The Morgan fingerprint density at radius 3 is 3.18 bits per heavy atom. The molecule has 11 heavy (non-hydrogen) atoms. The van der Waals surface area contributed by atoms with Gasteiger partial charge in [0, 0.05) is 23.5 Å². The van der Waals surface area contributed by atoms with Crippen molar-refractivity contribution in [1.29, 1.82) is 0 Å². The van der Waals surface area contributed by atoms with Gasteiger partial charge in [0.25, 0.3) is 0 Å². The Hall–Kier alpha value is -0.890. The maximum absolute atomic E-state index is 5.12. The second kappa shape index (κ2) is 4.09. The summed E-state index contributed by atoms with van der Waals surface area (Å²) in [7, 11) is 0. The lowest BCUT2D eigenvalue weighted by Gasteiger charge is -2.10. The third kappa shape index (κ3) is 2.31. The van der Waals surface area contributed by atoms with Crippen LogP contribution >= 0.6 is 12.2 Å². The number of thiocarbonyl (C=S) groups is 1. The lowest BCUT2D eigenvalue weighted by molar-refractivity contribution is 0.948. The number of hydrogen-bond acceptors (Lipinski definition) is 2. The van der Waals surface area contributed by atoms with Gasteiger partial charge in [-0.1, -0.05) is 30.4 Å². The van der Waals surface area contributed by atoms with E-state index in [1.54, 1.807) is 0 Å². The van der Waals surface area contributed by atoms with Gasteiger partial charge in [-0.05, 0) is 6.08 Å². The van der Waals surface area contributed by atoms with Crippen molar-refractivity contribution in [2.24, 2.45) is 0 Å². The molecule has 1 N–H and O–H groups in total. The first-order chi connectivity index (χ1) is 5.34. The minimum absolute atomic E-state index is 0.778. The number of hydrogen-bond donors (Lipinski definition) is 1. The summed E-state index contributed by atoms with van der Waals surface area (Å²) in [5.41, 5.74) is 1.06. The first-order valence-corrected chi connectivity index (χ1v) is 4.00. The molecule has 0 fully saturated rings. The van der Waals surface area contributed by atoms with E-state index in [1.165, 1.54) is 0 Å². The van der Waals surface area contributed by atoms with Gasteiger partial charge in [0.2, 0.25) is 0 Å². The molecule has 0 aromatic rings. The van der Waals surface area contributed by atoms with Crippen molar-refractivity contribution in [3.63, 3.8) is 0 Å². The highest BCUT2D eigenvalue weighted by Gasteiger charge is 2.03. The summed E-state index contributed by atoms with van der Waals surface area (Å²) in [6, 6.07) is 0. The van der Waals surface area contributed by atoms with Gasteiger partial charge < -0.3 is 5.32 Å². The van der Waals surface area contributed by atoms with E-state index >= 15 is 0 Å². The van der Waals surface area contributed by atoms with Crippen LogP contribution in [0.25, 0.3) is 0 Å². The molecule has 2 heteroatoms. The van der Waals surface area contributed by atoms with Gasteiger partial charge in [-0.15, -0.1) is 6.58 Å². The van der Waals surface area contributed by atoms with E-state index in [4.69, 9.17) is 12.2 Å². The van der Waals surface area contributed by atoms with Crippen LogP contribution in [0.3, 0.4) is 0 Å². The Bertz CT molecular complexity index is 226. The highest BCUT2D eigenvalue weighted by molar-refractivity contribution is 7.80. The Morgan fingerprint density at radius 2 is 2.55 bits per heavy atom. The van der Waals surface area contributed by atoms with E-state index in [0.717, 1.165) is 23.5 Å². The van der Waals surface area contributed by atoms with Crippen LogP contribution in [0.15, 0.2) is 36.6 Å². The Morgan fingerprint density at radius 1 is 1.73 bits per heavy atom. The zero-order chi connectivity index (χ0) is 8.10. The van der Waals surface area contributed by atoms with Crippen molar-refractivity contribution in [2.75, 3.05) is 6.54 Å². The van der Waals surface area contributed by atoms with Crippen LogP contribution in [0.2, 0.25) is 0 Å².